The van der Waals surface area contributed by atoms with Gasteiger partial charge in [0.15, 0.2) is 5.58 Å². The van der Waals surface area contributed by atoms with Crippen LogP contribution in [0.1, 0.15) is 5.89 Å². The Kier molecular flexibility index (Phi) is 2.75. The molecule has 0 fully saturated rings. The summed E-state index contributed by atoms with van der Waals surface area (Å²) in [6.07, 6.45) is 1.55. The first-order valence-electron chi connectivity index (χ1n) is 5.69. The molecule has 0 unspecified atom stereocenters. The molecular weight excluding hydrogens is 249 g/mol. The fourth-order valence-corrected chi connectivity index (χ4v) is 1.76. The molecule has 2 aromatic heterocycles. The summed E-state index contributed by atoms with van der Waals surface area (Å²) >= 11 is 0. The highest BCUT2D eigenvalue weighted by atomic mass is 19.1. The second kappa shape index (κ2) is 4.56. The highest BCUT2D eigenvalue weighted by Gasteiger charge is 2.07. The molecule has 2 heterocycles. The van der Waals surface area contributed by atoms with Crippen molar-refractivity contribution in [1.29, 1.82) is 0 Å². The van der Waals surface area contributed by atoms with Crippen molar-refractivity contribution in [2.45, 2.75) is 6.54 Å². The minimum Gasteiger partial charge on any atom is -0.439 e. The van der Waals surface area contributed by atoms with Crippen molar-refractivity contribution in [3.05, 3.63) is 58.6 Å². The third-order valence-electron chi connectivity index (χ3n) is 2.64. The third-order valence-corrected chi connectivity index (χ3v) is 2.64. The van der Waals surface area contributed by atoms with Gasteiger partial charge in [-0.2, -0.15) is 0 Å². The predicted octanol–water partition coefficient (Wildman–Crippen LogP) is 2.27. The van der Waals surface area contributed by atoms with Crippen LogP contribution in [0.2, 0.25) is 0 Å². The van der Waals surface area contributed by atoms with Crippen LogP contribution in [0.4, 0.5) is 10.1 Å². The molecule has 6 heteroatoms. The molecular formula is C13H10FN3O2. The highest BCUT2D eigenvalue weighted by Crippen LogP contribution is 2.17. The van der Waals surface area contributed by atoms with E-state index < -0.39 is 0 Å². The van der Waals surface area contributed by atoms with E-state index >= 15 is 0 Å². The van der Waals surface area contributed by atoms with E-state index in [0.717, 1.165) is 0 Å². The van der Waals surface area contributed by atoms with Crippen molar-refractivity contribution in [3.63, 3.8) is 0 Å². The summed E-state index contributed by atoms with van der Waals surface area (Å²) in [5, 5.41) is 2.91. The highest BCUT2D eigenvalue weighted by molar-refractivity contribution is 5.72. The number of fused-ring (bicyclic) bond motifs is 1. The molecule has 3 rings (SSSR count). The summed E-state index contributed by atoms with van der Waals surface area (Å²) in [5.41, 5.74) is 1.18. The molecule has 0 aliphatic rings. The lowest BCUT2D eigenvalue weighted by molar-refractivity contribution is 0.540. The van der Waals surface area contributed by atoms with Gasteiger partial charge in [-0.25, -0.2) is 9.37 Å². The molecule has 96 valence electrons. The second-order valence-corrected chi connectivity index (χ2v) is 3.99. The van der Waals surface area contributed by atoms with Gasteiger partial charge in [0.05, 0.1) is 6.54 Å². The van der Waals surface area contributed by atoms with E-state index in [-0.39, 0.29) is 17.9 Å². The number of aromatic nitrogens is 2. The van der Waals surface area contributed by atoms with Crippen LogP contribution in [0.25, 0.3) is 11.1 Å². The van der Waals surface area contributed by atoms with Crippen LogP contribution in [0, 0.1) is 5.82 Å². The van der Waals surface area contributed by atoms with Crippen LogP contribution < -0.4 is 10.9 Å². The van der Waals surface area contributed by atoms with Crippen LogP contribution in [0.3, 0.4) is 0 Å². The summed E-state index contributed by atoms with van der Waals surface area (Å²) in [6.45, 7) is 0.253. The number of pyridine rings is 1. The van der Waals surface area contributed by atoms with Crippen LogP contribution in [-0.4, -0.2) is 9.97 Å². The molecule has 0 radical (unpaired) electrons. The fraction of sp³-hybridized carbons (Fsp3) is 0.0769. The number of anilines is 1. The van der Waals surface area contributed by atoms with Gasteiger partial charge in [-0.15, -0.1) is 0 Å². The second-order valence-electron chi connectivity index (χ2n) is 3.99. The number of H-pyrrole nitrogens is 1. The third kappa shape index (κ3) is 2.33. The maximum Gasteiger partial charge on any atom is 0.271 e. The fourth-order valence-electron chi connectivity index (χ4n) is 1.76. The quantitative estimate of drug-likeness (QED) is 0.757. The zero-order chi connectivity index (χ0) is 13.2. The van der Waals surface area contributed by atoms with E-state index in [0.29, 0.717) is 22.7 Å². The normalized spacial score (nSPS) is 10.8. The Morgan fingerprint density at radius 3 is 3.11 bits per heavy atom. The number of hydrogen-bond donors (Lipinski definition) is 2. The number of hydrogen-bond acceptors (Lipinski definition) is 4. The first-order valence-corrected chi connectivity index (χ1v) is 5.69. The molecule has 0 amide bonds. The molecule has 1 aromatic carbocycles. The molecule has 2 N–H and O–H groups in total. The Labute approximate surface area is 107 Å². The lowest BCUT2D eigenvalue weighted by Crippen LogP contribution is -2.12. The lowest BCUT2D eigenvalue weighted by atomic mass is 10.3. The Morgan fingerprint density at radius 1 is 1.37 bits per heavy atom. The zero-order valence-electron chi connectivity index (χ0n) is 9.81. The standard InChI is InChI=1S/C13H10FN3O2/c14-8-3-4-11-10(6-8)17-12(19-11)7-16-9-2-1-5-15-13(9)18/h1-6,16H,7H2,(H,15,18). The van der Waals surface area contributed by atoms with Gasteiger partial charge in [-0.3, -0.25) is 4.79 Å². The van der Waals surface area contributed by atoms with Gasteiger partial charge in [0, 0.05) is 12.3 Å². The first-order chi connectivity index (χ1) is 9.22. The molecule has 0 aliphatic heterocycles. The molecule has 0 saturated carbocycles. The molecule has 19 heavy (non-hydrogen) atoms. The van der Waals surface area contributed by atoms with Crippen LogP contribution >= 0.6 is 0 Å². The molecule has 0 atom stereocenters. The zero-order valence-corrected chi connectivity index (χ0v) is 9.81. The summed E-state index contributed by atoms with van der Waals surface area (Å²) in [7, 11) is 0. The smallest absolute Gasteiger partial charge is 0.271 e. The number of rotatable bonds is 3. The molecule has 0 bridgehead atoms. The minimum atomic E-state index is -0.361. The number of oxazole rings is 1. The van der Waals surface area contributed by atoms with Gasteiger partial charge in [0.2, 0.25) is 5.89 Å². The van der Waals surface area contributed by atoms with Crippen molar-refractivity contribution >= 4 is 16.8 Å². The monoisotopic (exact) mass is 259 g/mol. The van der Waals surface area contributed by atoms with Gasteiger partial charge in [-0.1, -0.05) is 0 Å². The lowest BCUT2D eigenvalue weighted by Gasteiger charge is -2.00. The number of halogens is 1. The van der Waals surface area contributed by atoms with Crippen LogP contribution in [-0.2, 0) is 6.54 Å². The Balaban J connectivity index is 1.82. The van der Waals surface area contributed by atoms with E-state index in [1.807, 2.05) is 0 Å². The van der Waals surface area contributed by atoms with Crippen LogP contribution in [0.5, 0.6) is 0 Å². The molecule has 0 saturated heterocycles. The maximum atomic E-state index is 13.0. The van der Waals surface area contributed by atoms with Crippen LogP contribution in [0.15, 0.2) is 45.7 Å². The van der Waals surface area contributed by atoms with Gasteiger partial charge in [-0.05, 0) is 24.3 Å². The average Bonchev–Trinajstić information content (AvgIpc) is 2.79. The summed E-state index contributed by atoms with van der Waals surface area (Å²) < 4.78 is 18.4. The Morgan fingerprint density at radius 2 is 2.26 bits per heavy atom. The Bertz CT molecular complexity index is 779. The van der Waals surface area contributed by atoms with E-state index in [9.17, 15) is 9.18 Å². The molecule has 0 spiro atoms. The SMILES string of the molecule is O=c1[nH]cccc1NCc1nc2cc(F)ccc2o1. The number of nitrogens with one attached hydrogen (secondary N) is 2. The van der Waals surface area contributed by atoms with Gasteiger partial charge in [0.1, 0.15) is 17.0 Å². The van der Waals surface area contributed by atoms with E-state index in [2.05, 4.69) is 15.3 Å². The molecule has 0 aliphatic carbocycles. The molecule has 3 aromatic rings. The van der Waals surface area contributed by atoms with Gasteiger partial charge < -0.3 is 14.7 Å². The van der Waals surface area contributed by atoms with Gasteiger partial charge >= 0.3 is 0 Å². The largest absolute Gasteiger partial charge is 0.439 e. The van der Waals surface area contributed by atoms with Crippen molar-refractivity contribution in [1.82, 2.24) is 9.97 Å². The number of aromatic amines is 1. The van der Waals surface area contributed by atoms with Gasteiger partial charge in [0.25, 0.3) is 5.56 Å². The maximum absolute atomic E-state index is 13.0. The van der Waals surface area contributed by atoms with Crippen molar-refractivity contribution in [2.24, 2.45) is 0 Å². The molecule has 5 nitrogen and oxygen atoms in total. The Hall–Kier alpha value is -2.63. The number of nitrogens with zero attached hydrogens (tertiary/aromatic N) is 1. The summed E-state index contributed by atoms with van der Waals surface area (Å²) in [4.78, 5) is 18.1. The predicted molar refractivity (Wildman–Crippen MR) is 68.4 cm³/mol. The summed E-state index contributed by atoms with van der Waals surface area (Å²) in [5.74, 6) is 0.0312. The van der Waals surface area contributed by atoms with Crippen molar-refractivity contribution < 1.29 is 8.81 Å². The first kappa shape index (κ1) is 11.5. The topological polar surface area (TPSA) is 70.9 Å². The van der Waals surface area contributed by atoms with Crippen molar-refractivity contribution in [3.8, 4) is 0 Å². The van der Waals surface area contributed by atoms with E-state index in [1.54, 1.807) is 18.3 Å². The van der Waals surface area contributed by atoms with Crippen molar-refractivity contribution in [2.75, 3.05) is 5.32 Å². The van der Waals surface area contributed by atoms with E-state index in [4.69, 9.17) is 4.42 Å². The summed E-state index contributed by atoms with van der Waals surface area (Å²) in [6, 6.07) is 7.51. The number of benzene rings is 1. The minimum absolute atomic E-state index is 0.218. The average molecular weight is 259 g/mol. The van der Waals surface area contributed by atoms with E-state index in [1.165, 1.54) is 18.2 Å².